The van der Waals surface area contributed by atoms with E-state index in [1.807, 2.05) is 0 Å². The van der Waals surface area contributed by atoms with E-state index in [1.54, 1.807) is 42.5 Å². The second-order valence-electron chi connectivity index (χ2n) is 5.43. The smallest absolute Gasteiger partial charge is 0.425 e. The number of alkyl halides is 6. The van der Waals surface area contributed by atoms with Gasteiger partial charge in [0.2, 0.25) is 0 Å². The van der Waals surface area contributed by atoms with Gasteiger partial charge in [-0.15, -0.1) is 4.33 Å². The van der Waals surface area contributed by atoms with Crippen LogP contribution in [0.15, 0.2) is 42.5 Å². The van der Waals surface area contributed by atoms with E-state index in [1.165, 1.54) is 0 Å². The average molecular weight is 430 g/mol. The summed E-state index contributed by atoms with van der Waals surface area (Å²) < 4.78 is 81.4. The minimum absolute atomic E-state index is 0.124. The maximum Gasteiger partial charge on any atom is 0.425 e. The zero-order valence-corrected chi connectivity index (χ0v) is 14.5. The molecule has 2 rings (SSSR count). The van der Waals surface area contributed by atoms with Gasteiger partial charge in [-0.25, -0.2) is 10.1 Å². The quantitative estimate of drug-likeness (QED) is 0.223. The average Bonchev–Trinajstić information content (AvgIpc) is 2.60. The van der Waals surface area contributed by atoms with Gasteiger partial charge in [0.05, 0.1) is 18.6 Å². The minimum atomic E-state index is -6.15. The summed E-state index contributed by atoms with van der Waals surface area (Å²) in [4.78, 5) is 11.8. The van der Waals surface area contributed by atoms with Gasteiger partial charge in [0, 0.05) is 6.42 Å². The highest BCUT2D eigenvalue weighted by molar-refractivity contribution is 7.96. The van der Waals surface area contributed by atoms with Crippen molar-refractivity contribution in [2.45, 2.75) is 23.5 Å². The highest BCUT2D eigenvalue weighted by atomic mass is 32.2. The normalized spacial score (nSPS) is 13.0. The van der Waals surface area contributed by atoms with Gasteiger partial charge in [-0.3, -0.25) is 0 Å². The summed E-state index contributed by atoms with van der Waals surface area (Å²) >= 11 is -1.46. The molecule has 154 valence electrons. The molecule has 0 saturated carbocycles. The number of esters is 1. The fourth-order valence-electron chi connectivity index (χ4n) is 2.45. The first-order valence-electron chi connectivity index (χ1n) is 7.48. The van der Waals surface area contributed by atoms with Gasteiger partial charge in [-0.1, -0.05) is 47.5 Å². The molecule has 0 atom stereocenters. The number of benzene rings is 2. The lowest BCUT2D eigenvalue weighted by Crippen LogP contribution is -2.60. The molecule has 0 amide bonds. The lowest BCUT2D eigenvalue weighted by molar-refractivity contribution is -0.434. The minimum Gasteiger partial charge on any atom is -0.464 e. The summed E-state index contributed by atoms with van der Waals surface area (Å²) in [6.07, 6.45) is -12.4. The first-order chi connectivity index (χ1) is 13.0. The first-order valence-corrected chi connectivity index (χ1v) is 8.22. The van der Waals surface area contributed by atoms with Gasteiger partial charge >= 0.3 is 23.1 Å². The Balaban J connectivity index is 2.21. The predicted molar refractivity (Wildman–Crippen MR) is 85.8 cm³/mol. The van der Waals surface area contributed by atoms with Crippen LogP contribution in [0.5, 0.6) is 0 Å². The first kappa shape index (κ1) is 22.3. The number of hydrogen-bond donors (Lipinski definition) is 1. The molecule has 2 aromatic carbocycles. The summed E-state index contributed by atoms with van der Waals surface area (Å²) in [6, 6.07) is 12.0. The fraction of sp³-hybridized carbons (Fsp3) is 0.312. The Bertz CT molecular complexity index is 804. The number of carbonyl (C=O) groups excluding carboxylic acids is 1. The maximum atomic E-state index is 13.1. The van der Waals surface area contributed by atoms with Crippen molar-refractivity contribution in [2.24, 2.45) is 0 Å². The Hall–Kier alpha value is -2.02. The molecule has 0 fully saturated rings. The summed E-state index contributed by atoms with van der Waals surface area (Å²) in [5.74, 6) is -2.64. The molecule has 28 heavy (non-hydrogen) atoms. The number of rotatable bonds is 7. The number of carbonyl (C=O) groups is 1. The number of fused-ring (bicyclic) bond motifs is 1. The SMILES string of the molecule is O=C(OCCc1cccc2ccccc12)C(SOOO)(C(F)(F)F)C(F)(F)F. The number of ether oxygens (including phenoxy) is 1. The molecule has 12 heteroatoms. The van der Waals surface area contributed by atoms with Crippen LogP contribution < -0.4 is 0 Å². The highest BCUT2D eigenvalue weighted by Crippen LogP contribution is 2.53. The van der Waals surface area contributed by atoms with E-state index in [0.29, 0.717) is 10.9 Å². The van der Waals surface area contributed by atoms with Gasteiger partial charge < -0.3 is 4.74 Å². The van der Waals surface area contributed by atoms with Crippen LogP contribution in [0.25, 0.3) is 10.8 Å². The lowest BCUT2D eigenvalue weighted by Gasteiger charge is -2.32. The molecule has 0 radical (unpaired) electrons. The summed E-state index contributed by atoms with van der Waals surface area (Å²) in [5.41, 5.74) is 0.568. The summed E-state index contributed by atoms with van der Waals surface area (Å²) in [7, 11) is 0. The number of hydrogen-bond acceptors (Lipinski definition) is 6. The Morgan fingerprint density at radius 2 is 1.57 bits per heavy atom. The molecular weight excluding hydrogens is 418 g/mol. The van der Waals surface area contributed by atoms with Crippen LogP contribution in [-0.4, -0.2) is 34.9 Å². The van der Waals surface area contributed by atoms with Crippen molar-refractivity contribution < 1.29 is 50.5 Å². The Labute approximate surface area is 158 Å². The molecule has 5 nitrogen and oxygen atoms in total. The third-order valence-corrected chi connectivity index (χ3v) is 4.77. The monoisotopic (exact) mass is 430 g/mol. The van der Waals surface area contributed by atoms with Gasteiger partial charge in [-0.05, 0) is 16.3 Å². The number of halogens is 6. The molecule has 0 aliphatic rings. The van der Waals surface area contributed by atoms with Gasteiger partial charge in [0.1, 0.15) is 0 Å². The molecule has 0 saturated heterocycles. The maximum absolute atomic E-state index is 13.1. The Kier molecular flexibility index (Phi) is 6.80. The van der Waals surface area contributed by atoms with Crippen LogP contribution in [0.4, 0.5) is 26.3 Å². The molecule has 0 unspecified atom stereocenters. The molecule has 0 heterocycles. The molecule has 2 aromatic rings. The zero-order chi connectivity index (χ0) is 21.0. The fourth-order valence-corrected chi connectivity index (χ4v) is 2.90. The van der Waals surface area contributed by atoms with Gasteiger partial charge in [0.15, 0.2) is 0 Å². The van der Waals surface area contributed by atoms with E-state index in [0.717, 1.165) is 5.39 Å². The van der Waals surface area contributed by atoms with Crippen molar-refractivity contribution in [1.82, 2.24) is 0 Å². The topological polar surface area (TPSA) is 65.0 Å². The van der Waals surface area contributed by atoms with E-state index in [4.69, 9.17) is 5.26 Å². The van der Waals surface area contributed by atoms with E-state index < -0.39 is 41.7 Å². The highest BCUT2D eigenvalue weighted by Gasteiger charge is 2.79. The van der Waals surface area contributed by atoms with Crippen LogP contribution in [0.1, 0.15) is 5.56 Å². The standard InChI is InChI=1S/C16H12F6O5S/c17-15(18,19)14(16(20,21)22,28-27-26-24)13(23)25-9-8-11-6-3-5-10-4-1-2-7-12(10)11/h1-7,24H,8-9H2. The predicted octanol–water partition coefficient (Wildman–Crippen LogP) is 4.86. The van der Waals surface area contributed by atoms with E-state index in [2.05, 4.69) is 14.1 Å². The second-order valence-corrected chi connectivity index (χ2v) is 6.34. The van der Waals surface area contributed by atoms with Crippen LogP contribution in [0.3, 0.4) is 0 Å². The van der Waals surface area contributed by atoms with Crippen LogP contribution in [0, 0.1) is 0 Å². The van der Waals surface area contributed by atoms with E-state index in [-0.39, 0.29) is 6.42 Å². The van der Waals surface area contributed by atoms with Crippen molar-refractivity contribution >= 4 is 28.8 Å². The lowest BCUT2D eigenvalue weighted by atomic mass is 10.0. The van der Waals surface area contributed by atoms with Crippen LogP contribution >= 0.6 is 12.0 Å². The van der Waals surface area contributed by atoms with Crippen molar-refractivity contribution in [1.29, 1.82) is 0 Å². The molecular formula is C16H12F6O5S. The van der Waals surface area contributed by atoms with Crippen LogP contribution in [0.2, 0.25) is 0 Å². The Morgan fingerprint density at radius 3 is 2.18 bits per heavy atom. The molecule has 0 spiro atoms. The summed E-state index contributed by atoms with van der Waals surface area (Å²) in [5, 5.41) is 12.3. The van der Waals surface area contributed by atoms with Crippen molar-refractivity contribution in [3.05, 3.63) is 48.0 Å². The molecule has 0 aromatic heterocycles. The van der Waals surface area contributed by atoms with Gasteiger partial charge in [-0.2, -0.15) is 26.3 Å². The Morgan fingerprint density at radius 1 is 0.964 bits per heavy atom. The summed E-state index contributed by atoms with van der Waals surface area (Å²) in [6.45, 7) is -0.749. The molecule has 0 aliphatic carbocycles. The third-order valence-electron chi connectivity index (χ3n) is 3.76. The zero-order valence-electron chi connectivity index (χ0n) is 13.7. The third kappa shape index (κ3) is 4.35. The van der Waals surface area contributed by atoms with Gasteiger partial charge in [0.25, 0.3) is 0 Å². The van der Waals surface area contributed by atoms with E-state index in [9.17, 15) is 31.1 Å². The van der Waals surface area contributed by atoms with Crippen molar-refractivity contribution in [3.8, 4) is 0 Å². The second kappa shape index (κ2) is 8.55. The van der Waals surface area contributed by atoms with E-state index >= 15 is 0 Å². The van der Waals surface area contributed by atoms with Crippen molar-refractivity contribution in [2.75, 3.05) is 6.61 Å². The van der Waals surface area contributed by atoms with Crippen LogP contribution in [-0.2, 0) is 25.3 Å². The largest absolute Gasteiger partial charge is 0.464 e. The van der Waals surface area contributed by atoms with Crippen molar-refractivity contribution in [3.63, 3.8) is 0 Å². The molecule has 0 aliphatic heterocycles. The molecule has 1 N–H and O–H groups in total. The molecule has 0 bridgehead atoms.